The molecule has 5 nitrogen and oxygen atoms in total. The van der Waals surface area contributed by atoms with Crippen LogP contribution in [0.5, 0.6) is 5.75 Å². The number of hydrogen-bond acceptors (Lipinski definition) is 3. The van der Waals surface area contributed by atoms with Crippen molar-refractivity contribution in [2.75, 3.05) is 32.2 Å². The molecular formula is C14H18ClN3O2. The van der Waals surface area contributed by atoms with Crippen molar-refractivity contribution in [1.29, 1.82) is 0 Å². The predicted molar refractivity (Wildman–Crippen MR) is 81.6 cm³/mol. The van der Waals surface area contributed by atoms with Crippen LogP contribution in [0.1, 0.15) is 6.42 Å². The number of halogens is 1. The Bertz CT molecular complexity index is 529. The Hall–Kier alpha value is -1.72. The summed E-state index contributed by atoms with van der Waals surface area (Å²) in [5.74, 6) is 0.985. The zero-order chi connectivity index (χ0) is 14.4. The highest BCUT2D eigenvalue weighted by atomic mass is 35.5. The minimum atomic E-state index is 0.360. The van der Waals surface area contributed by atoms with Gasteiger partial charge in [-0.25, -0.2) is 4.99 Å². The fraction of sp³-hybridized carbons (Fsp3) is 0.357. The summed E-state index contributed by atoms with van der Waals surface area (Å²) in [5.41, 5.74) is 7.87. The Morgan fingerprint density at radius 2 is 2.40 bits per heavy atom. The molecule has 0 saturated carbocycles. The molecule has 1 aliphatic rings. The fourth-order valence-electron chi connectivity index (χ4n) is 1.83. The molecule has 1 aromatic carbocycles. The first-order chi connectivity index (χ1) is 9.69. The normalized spacial score (nSPS) is 15.7. The maximum Gasteiger partial charge on any atom is 0.193 e. The molecule has 2 rings (SSSR count). The molecule has 108 valence electrons. The first-order valence-corrected chi connectivity index (χ1v) is 6.73. The predicted octanol–water partition coefficient (Wildman–Crippen LogP) is 2.42. The lowest BCUT2D eigenvalue weighted by Crippen LogP contribution is -2.23. The SMILES string of the molecule is COc1ccc(NC(N)=NCC2=CCOCC2)cc1Cl. The van der Waals surface area contributed by atoms with Gasteiger partial charge in [-0.3, -0.25) is 0 Å². The van der Waals surface area contributed by atoms with E-state index in [-0.39, 0.29) is 0 Å². The standard InChI is InChI=1S/C14H18ClN3O2/c1-19-13-3-2-11(8-12(13)15)18-14(16)17-9-10-4-6-20-7-5-10/h2-4,8H,5-7,9H2,1H3,(H3,16,17,18). The molecule has 0 fully saturated rings. The van der Waals surface area contributed by atoms with Crippen LogP contribution in [0.4, 0.5) is 5.69 Å². The third-order valence-electron chi connectivity index (χ3n) is 2.93. The quantitative estimate of drug-likeness (QED) is 0.508. The number of methoxy groups -OCH3 is 1. The third-order valence-corrected chi connectivity index (χ3v) is 3.23. The Morgan fingerprint density at radius 1 is 1.55 bits per heavy atom. The number of benzene rings is 1. The molecule has 0 aliphatic carbocycles. The number of anilines is 1. The van der Waals surface area contributed by atoms with Crippen LogP contribution in [-0.4, -0.2) is 32.8 Å². The average Bonchev–Trinajstić information content (AvgIpc) is 2.46. The zero-order valence-electron chi connectivity index (χ0n) is 11.4. The largest absolute Gasteiger partial charge is 0.495 e. The van der Waals surface area contributed by atoms with Gasteiger partial charge in [-0.2, -0.15) is 0 Å². The van der Waals surface area contributed by atoms with Crippen molar-refractivity contribution in [1.82, 2.24) is 0 Å². The van der Waals surface area contributed by atoms with Crippen molar-refractivity contribution < 1.29 is 9.47 Å². The number of hydrogen-bond donors (Lipinski definition) is 2. The summed E-state index contributed by atoms with van der Waals surface area (Å²) in [6.45, 7) is 2.00. The van der Waals surface area contributed by atoms with E-state index in [1.165, 1.54) is 5.57 Å². The number of guanidine groups is 1. The fourth-order valence-corrected chi connectivity index (χ4v) is 2.09. The summed E-state index contributed by atoms with van der Waals surface area (Å²) in [7, 11) is 1.58. The highest BCUT2D eigenvalue weighted by molar-refractivity contribution is 6.32. The maximum atomic E-state index is 6.04. The van der Waals surface area contributed by atoms with E-state index in [1.807, 2.05) is 12.1 Å². The molecule has 0 bridgehead atoms. The van der Waals surface area contributed by atoms with Crippen LogP contribution in [0.2, 0.25) is 5.02 Å². The third kappa shape index (κ3) is 4.15. The highest BCUT2D eigenvalue weighted by Gasteiger charge is 2.04. The van der Waals surface area contributed by atoms with Gasteiger partial charge in [-0.15, -0.1) is 0 Å². The summed E-state index contributed by atoms with van der Waals surface area (Å²) >= 11 is 6.04. The van der Waals surface area contributed by atoms with E-state index in [0.29, 0.717) is 29.9 Å². The van der Waals surface area contributed by atoms with Crippen LogP contribution >= 0.6 is 11.6 Å². The molecule has 0 unspecified atom stereocenters. The number of aliphatic imine (C=N–C) groups is 1. The van der Waals surface area contributed by atoms with Gasteiger partial charge in [0.05, 0.1) is 31.9 Å². The van der Waals surface area contributed by atoms with Crippen LogP contribution < -0.4 is 15.8 Å². The van der Waals surface area contributed by atoms with E-state index in [9.17, 15) is 0 Å². The molecule has 0 atom stereocenters. The van der Waals surface area contributed by atoms with Gasteiger partial charge in [0.2, 0.25) is 0 Å². The molecule has 3 N–H and O–H groups in total. The minimum Gasteiger partial charge on any atom is -0.495 e. The maximum absolute atomic E-state index is 6.04. The molecule has 0 aromatic heterocycles. The van der Waals surface area contributed by atoms with Gasteiger partial charge in [0, 0.05) is 5.69 Å². The lowest BCUT2D eigenvalue weighted by atomic mass is 10.1. The lowest BCUT2D eigenvalue weighted by molar-refractivity contribution is 0.154. The van der Waals surface area contributed by atoms with E-state index >= 15 is 0 Å². The van der Waals surface area contributed by atoms with E-state index in [1.54, 1.807) is 19.2 Å². The van der Waals surface area contributed by atoms with Gasteiger partial charge < -0.3 is 20.5 Å². The van der Waals surface area contributed by atoms with Crippen molar-refractivity contribution in [3.63, 3.8) is 0 Å². The van der Waals surface area contributed by atoms with Crippen molar-refractivity contribution >= 4 is 23.2 Å². The Labute approximate surface area is 123 Å². The number of ether oxygens (including phenoxy) is 2. The molecular weight excluding hydrogens is 278 g/mol. The second-order valence-corrected chi connectivity index (χ2v) is 4.77. The molecule has 1 aliphatic heterocycles. The van der Waals surface area contributed by atoms with Crippen LogP contribution in [0.15, 0.2) is 34.8 Å². The molecule has 0 amide bonds. The monoisotopic (exact) mass is 295 g/mol. The average molecular weight is 296 g/mol. The summed E-state index contributed by atoms with van der Waals surface area (Å²) in [6, 6.07) is 5.36. The highest BCUT2D eigenvalue weighted by Crippen LogP contribution is 2.27. The topological polar surface area (TPSA) is 68.9 Å². The molecule has 1 heterocycles. The zero-order valence-corrected chi connectivity index (χ0v) is 12.1. The first kappa shape index (κ1) is 14.7. The van der Waals surface area contributed by atoms with Crippen LogP contribution in [0.25, 0.3) is 0 Å². The lowest BCUT2D eigenvalue weighted by Gasteiger charge is -2.12. The molecule has 0 radical (unpaired) electrons. The number of nitrogens with one attached hydrogen (secondary N) is 1. The molecule has 0 saturated heterocycles. The van der Waals surface area contributed by atoms with Crippen molar-refractivity contribution in [3.8, 4) is 5.75 Å². The molecule has 6 heteroatoms. The van der Waals surface area contributed by atoms with E-state index in [0.717, 1.165) is 18.7 Å². The summed E-state index contributed by atoms with van der Waals surface area (Å²) in [5, 5.41) is 3.53. The number of nitrogens with zero attached hydrogens (tertiary/aromatic N) is 1. The van der Waals surface area contributed by atoms with E-state index < -0.39 is 0 Å². The van der Waals surface area contributed by atoms with Crippen molar-refractivity contribution in [3.05, 3.63) is 34.9 Å². The van der Waals surface area contributed by atoms with Gasteiger partial charge in [0.15, 0.2) is 5.96 Å². The van der Waals surface area contributed by atoms with Crippen LogP contribution in [0, 0.1) is 0 Å². The number of rotatable bonds is 4. The molecule has 0 spiro atoms. The molecule has 1 aromatic rings. The van der Waals surface area contributed by atoms with Crippen LogP contribution in [-0.2, 0) is 4.74 Å². The molecule has 20 heavy (non-hydrogen) atoms. The Kier molecular flexibility index (Phi) is 5.26. The van der Waals surface area contributed by atoms with Gasteiger partial charge in [-0.1, -0.05) is 17.7 Å². The van der Waals surface area contributed by atoms with Gasteiger partial charge in [0.1, 0.15) is 5.75 Å². The van der Waals surface area contributed by atoms with E-state index in [4.69, 9.17) is 26.8 Å². The first-order valence-electron chi connectivity index (χ1n) is 6.35. The second kappa shape index (κ2) is 7.17. The summed E-state index contributed by atoms with van der Waals surface area (Å²) in [4.78, 5) is 4.30. The van der Waals surface area contributed by atoms with Crippen molar-refractivity contribution in [2.24, 2.45) is 10.7 Å². The van der Waals surface area contributed by atoms with E-state index in [2.05, 4.69) is 10.3 Å². The summed E-state index contributed by atoms with van der Waals surface area (Å²) in [6.07, 6.45) is 2.95. The summed E-state index contributed by atoms with van der Waals surface area (Å²) < 4.78 is 10.3. The smallest absolute Gasteiger partial charge is 0.193 e. The minimum absolute atomic E-state index is 0.360. The van der Waals surface area contributed by atoms with Gasteiger partial charge in [0.25, 0.3) is 0 Å². The number of nitrogens with two attached hydrogens (primary N) is 1. The van der Waals surface area contributed by atoms with Crippen LogP contribution in [0.3, 0.4) is 0 Å². The Morgan fingerprint density at radius 3 is 3.05 bits per heavy atom. The van der Waals surface area contributed by atoms with Gasteiger partial charge in [-0.05, 0) is 30.2 Å². The Balaban J connectivity index is 1.94. The van der Waals surface area contributed by atoms with Gasteiger partial charge >= 0.3 is 0 Å². The second-order valence-electron chi connectivity index (χ2n) is 4.36. The van der Waals surface area contributed by atoms with Crippen molar-refractivity contribution in [2.45, 2.75) is 6.42 Å².